The van der Waals surface area contributed by atoms with Gasteiger partial charge in [0.25, 0.3) is 0 Å². The maximum atomic E-state index is 13.6. The van der Waals surface area contributed by atoms with Gasteiger partial charge in [-0.3, -0.25) is 4.79 Å². The SMILES string of the molecule is COC(=O)C(C(C)C)C(O)c1cc(Cl)ccc1F. The van der Waals surface area contributed by atoms with Gasteiger partial charge in [0.2, 0.25) is 0 Å². The molecule has 0 aliphatic heterocycles. The number of benzene rings is 1. The van der Waals surface area contributed by atoms with Gasteiger partial charge in [-0.25, -0.2) is 4.39 Å². The highest BCUT2D eigenvalue weighted by atomic mass is 35.5. The smallest absolute Gasteiger partial charge is 0.311 e. The third kappa shape index (κ3) is 3.21. The first kappa shape index (κ1) is 14.9. The fraction of sp³-hybridized carbons (Fsp3) is 0.462. The van der Waals surface area contributed by atoms with E-state index in [0.717, 1.165) is 6.07 Å². The molecule has 1 rings (SSSR count). The van der Waals surface area contributed by atoms with Crippen LogP contribution in [0.1, 0.15) is 25.5 Å². The number of carbonyl (C=O) groups is 1. The Morgan fingerprint density at radius 2 is 2.06 bits per heavy atom. The number of hydrogen-bond acceptors (Lipinski definition) is 3. The fourth-order valence-corrected chi connectivity index (χ4v) is 2.02. The normalized spacial score (nSPS) is 14.4. The van der Waals surface area contributed by atoms with Gasteiger partial charge in [-0.2, -0.15) is 0 Å². The van der Waals surface area contributed by atoms with Gasteiger partial charge in [0, 0.05) is 10.6 Å². The molecule has 5 heteroatoms. The lowest BCUT2D eigenvalue weighted by molar-refractivity contribution is -0.152. The summed E-state index contributed by atoms with van der Waals surface area (Å²) < 4.78 is 18.3. The summed E-state index contributed by atoms with van der Waals surface area (Å²) in [7, 11) is 1.23. The summed E-state index contributed by atoms with van der Waals surface area (Å²) in [6.45, 7) is 3.51. The molecule has 0 aliphatic carbocycles. The lowest BCUT2D eigenvalue weighted by Gasteiger charge is -2.24. The van der Waals surface area contributed by atoms with Crippen LogP contribution < -0.4 is 0 Å². The molecular weight excluding hydrogens is 259 g/mol. The Morgan fingerprint density at radius 3 is 2.56 bits per heavy atom. The van der Waals surface area contributed by atoms with Crippen LogP contribution in [0.4, 0.5) is 4.39 Å². The molecule has 0 amide bonds. The second-order valence-corrected chi connectivity index (χ2v) is 4.84. The van der Waals surface area contributed by atoms with Crippen LogP contribution in [0.3, 0.4) is 0 Å². The van der Waals surface area contributed by atoms with Gasteiger partial charge in [-0.15, -0.1) is 0 Å². The van der Waals surface area contributed by atoms with E-state index in [9.17, 15) is 14.3 Å². The number of rotatable bonds is 4. The van der Waals surface area contributed by atoms with E-state index in [2.05, 4.69) is 4.74 Å². The maximum absolute atomic E-state index is 13.6. The van der Waals surface area contributed by atoms with Crippen molar-refractivity contribution in [2.75, 3.05) is 7.11 Å². The number of carbonyl (C=O) groups excluding carboxylic acids is 1. The minimum absolute atomic E-state index is 0.00611. The highest BCUT2D eigenvalue weighted by molar-refractivity contribution is 6.30. The molecule has 0 spiro atoms. The number of hydrogen-bond donors (Lipinski definition) is 1. The molecule has 100 valence electrons. The molecule has 3 nitrogen and oxygen atoms in total. The lowest BCUT2D eigenvalue weighted by atomic mass is 9.86. The van der Waals surface area contributed by atoms with E-state index in [1.807, 2.05) is 0 Å². The van der Waals surface area contributed by atoms with Crippen molar-refractivity contribution in [3.05, 3.63) is 34.6 Å². The number of halogens is 2. The van der Waals surface area contributed by atoms with E-state index in [0.29, 0.717) is 5.02 Å². The van der Waals surface area contributed by atoms with Crippen LogP contribution in [0.2, 0.25) is 5.02 Å². The first-order valence-electron chi connectivity index (χ1n) is 5.59. The Balaban J connectivity index is 3.13. The van der Waals surface area contributed by atoms with Crippen molar-refractivity contribution in [1.82, 2.24) is 0 Å². The first-order chi connectivity index (χ1) is 8.38. The maximum Gasteiger partial charge on any atom is 0.311 e. The van der Waals surface area contributed by atoms with E-state index in [1.54, 1.807) is 13.8 Å². The molecule has 0 aromatic heterocycles. The van der Waals surface area contributed by atoms with Crippen LogP contribution in [-0.2, 0) is 9.53 Å². The average molecular weight is 275 g/mol. The third-order valence-electron chi connectivity index (χ3n) is 2.81. The van der Waals surface area contributed by atoms with Crippen molar-refractivity contribution in [1.29, 1.82) is 0 Å². The molecule has 1 aromatic carbocycles. The van der Waals surface area contributed by atoms with Crippen molar-refractivity contribution >= 4 is 17.6 Å². The molecule has 0 fully saturated rings. The standard InChI is InChI=1S/C13H16ClFO3/c1-7(2)11(13(17)18-3)12(16)9-6-8(14)4-5-10(9)15/h4-7,11-12,16H,1-3H3. The second-order valence-electron chi connectivity index (χ2n) is 4.40. The number of ether oxygens (including phenoxy) is 1. The minimum atomic E-state index is -1.28. The molecule has 1 N–H and O–H groups in total. The lowest BCUT2D eigenvalue weighted by Crippen LogP contribution is -2.28. The third-order valence-corrected chi connectivity index (χ3v) is 3.04. The number of aliphatic hydroxyl groups excluding tert-OH is 1. The topological polar surface area (TPSA) is 46.5 Å². The number of methoxy groups -OCH3 is 1. The van der Waals surface area contributed by atoms with Gasteiger partial charge in [-0.05, 0) is 24.1 Å². The Bertz CT molecular complexity index is 434. The molecular formula is C13H16ClFO3. The molecule has 0 bridgehead atoms. The molecule has 1 aromatic rings. The summed E-state index contributed by atoms with van der Waals surface area (Å²) >= 11 is 5.76. The van der Waals surface area contributed by atoms with Gasteiger partial charge in [0.15, 0.2) is 0 Å². The van der Waals surface area contributed by atoms with E-state index in [1.165, 1.54) is 19.2 Å². The first-order valence-corrected chi connectivity index (χ1v) is 5.97. The van der Waals surface area contributed by atoms with Gasteiger partial charge in [0.1, 0.15) is 5.82 Å². The van der Waals surface area contributed by atoms with E-state index < -0.39 is 23.8 Å². The van der Waals surface area contributed by atoms with E-state index >= 15 is 0 Å². The molecule has 2 atom stereocenters. The van der Waals surface area contributed by atoms with Crippen LogP contribution in [-0.4, -0.2) is 18.2 Å². The predicted molar refractivity (Wildman–Crippen MR) is 66.7 cm³/mol. The molecule has 0 heterocycles. The molecule has 2 unspecified atom stereocenters. The van der Waals surface area contributed by atoms with Gasteiger partial charge in [-0.1, -0.05) is 25.4 Å². The van der Waals surface area contributed by atoms with Crippen molar-refractivity contribution in [2.24, 2.45) is 11.8 Å². The Kier molecular flexibility index (Phi) is 5.11. The molecule has 0 aliphatic rings. The summed E-state index contributed by atoms with van der Waals surface area (Å²) in [5.74, 6) is -2.19. The zero-order valence-electron chi connectivity index (χ0n) is 10.5. The summed E-state index contributed by atoms with van der Waals surface area (Å²) in [5.41, 5.74) is 0.00611. The van der Waals surface area contributed by atoms with Gasteiger partial charge in [0.05, 0.1) is 19.1 Å². The molecule has 0 radical (unpaired) electrons. The summed E-state index contributed by atoms with van der Waals surface area (Å²) in [4.78, 5) is 11.6. The van der Waals surface area contributed by atoms with Gasteiger partial charge >= 0.3 is 5.97 Å². The van der Waals surface area contributed by atoms with Crippen molar-refractivity contribution in [2.45, 2.75) is 20.0 Å². The van der Waals surface area contributed by atoms with Crippen LogP contribution >= 0.6 is 11.6 Å². The summed E-state index contributed by atoms with van der Waals surface area (Å²) in [6.07, 6.45) is -1.28. The monoisotopic (exact) mass is 274 g/mol. The van der Waals surface area contributed by atoms with Crippen molar-refractivity contribution in [3.8, 4) is 0 Å². The zero-order valence-corrected chi connectivity index (χ0v) is 11.2. The van der Waals surface area contributed by atoms with Crippen LogP contribution in [0.15, 0.2) is 18.2 Å². The molecule has 0 saturated heterocycles. The zero-order chi connectivity index (χ0) is 13.9. The number of esters is 1. The van der Waals surface area contributed by atoms with Crippen LogP contribution in [0.5, 0.6) is 0 Å². The molecule has 18 heavy (non-hydrogen) atoms. The largest absolute Gasteiger partial charge is 0.469 e. The Morgan fingerprint density at radius 1 is 1.44 bits per heavy atom. The summed E-state index contributed by atoms with van der Waals surface area (Å²) in [6, 6.07) is 3.87. The quantitative estimate of drug-likeness (QED) is 0.859. The average Bonchev–Trinajstić information content (AvgIpc) is 2.31. The summed E-state index contributed by atoms with van der Waals surface area (Å²) in [5, 5.41) is 10.5. The highest BCUT2D eigenvalue weighted by Crippen LogP contribution is 2.32. The molecule has 0 saturated carbocycles. The Hall–Kier alpha value is -1.13. The van der Waals surface area contributed by atoms with E-state index in [4.69, 9.17) is 11.6 Å². The predicted octanol–water partition coefficient (Wildman–Crippen LogP) is 2.96. The fourth-order valence-electron chi connectivity index (χ4n) is 1.84. The van der Waals surface area contributed by atoms with Gasteiger partial charge < -0.3 is 9.84 Å². The highest BCUT2D eigenvalue weighted by Gasteiger charge is 2.33. The van der Waals surface area contributed by atoms with E-state index in [-0.39, 0.29) is 11.5 Å². The van der Waals surface area contributed by atoms with Crippen LogP contribution in [0, 0.1) is 17.7 Å². The Labute approximate surface area is 111 Å². The van der Waals surface area contributed by atoms with Crippen molar-refractivity contribution < 1.29 is 19.0 Å². The second kappa shape index (κ2) is 6.16. The van der Waals surface area contributed by atoms with Crippen LogP contribution in [0.25, 0.3) is 0 Å². The minimum Gasteiger partial charge on any atom is -0.469 e. The van der Waals surface area contributed by atoms with Crippen molar-refractivity contribution in [3.63, 3.8) is 0 Å². The number of aliphatic hydroxyl groups is 1.